The minimum atomic E-state index is -0.0892. The molecule has 33 heavy (non-hydrogen) atoms. The van der Waals surface area contributed by atoms with Crippen molar-refractivity contribution in [2.75, 3.05) is 46.8 Å². The van der Waals surface area contributed by atoms with Gasteiger partial charge in [-0.25, -0.2) is 4.79 Å². The summed E-state index contributed by atoms with van der Waals surface area (Å²) in [6, 6.07) is 6.48. The first-order chi connectivity index (χ1) is 15.9. The van der Waals surface area contributed by atoms with Gasteiger partial charge in [0.05, 0.1) is 11.4 Å². The molecule has 1 aromatic carbocycles. The Morgan fingerprint density at radius 1 is 1.27 bits per heavy atom. The minimum Gasteiger partial charge on any atom is -0.356 e. The average Bonchev–Trinajstić information content (AvgIpc) is 3.17. The number of fused-ring (bicyclic) bond motifs is 2. The van der Waals surface area contributed by atoms with E-state index >= 15 is 0 Å². The number of amides is 2. The quantitative estimate of drug-likeness (QED) is 0.478. The van der Waals surface area contributed by atoms with E-state index in [-0.39, 0.29) is 23.8 Å². The molecule has 2 aromatic rings. The summed E-state index contributed by atoms with van der Waals surface area (Å²) in [6.07, 6.45) is 6.61. The van der Waals surface area contributed by atoms with Gasteiger partial charge in [0.2, 0.25) is 5.91 Å². The first-order valence-electron chi connectivity index (χ1n) is 12.1. The molecule has 2 heterocycles. The second kappa shape index (κ2) is 10.1. The Morgan fingerprint density at radius 2 is 2.09 bits per heavy atom. The molecule has 1 aromatic heterocycles. The molecule has 0 spiro atoms. The van der Waals surface area contributed by atoms with Gasteiger partial charge in [-0.15, -0.1) is 6.58 Å². The fourth-order valence-corrected chi connectivity index (χ4v) is 5.63. The second-order valence-electron chi connectivity index (χ2n) is 9.60. The van der Waals surface area contributed by atoms with Crippen molar-refractivity contribution in [1.82, 2.24) is 25.0 Å². The van der Waals surface area contributed by atoms with E-state index in [1.54, 1.807) is 4.57 Å². The van der Waals surface area contributed by atoms with Crippen LogP contribution in [0, 0.1) is 5.92 Å². The molecule has 2 aliphatic rings. The number of hydrogen-bond donors (Lipinski definition) is 2. The third-order valence-corrected chi connectivity index (χ3v) is 7.06. The van der Waals surface area contributed by atoms with Crippen LogP contribution in [0.5, 0.6) is 0 Å². The van der Waals surface area contributed by atoms with Crippen molar-refractivity contribution >= 4 is 22.8 Å². The van der Waals surface area contributed by atoms with Crippen molar-refractivity contribution < 1.29 is 9.59 Å². The number of likely N-dealkylation sites (tertiary alicyclic amines) is 1. The summed E-state index contributed by atoms with van der Waals surface area (Å²) in [5.74, 6) is 0.365. The molecule has 3 atom stereocenters. The molecule has 1 fully saturated rings. The maximum Gasteiger partial charge on any atom is 0.326 e. The molecule has 1 saturated heterocycles. The number of hydrogen-bond acceptors (Lipinski definition) is 4. The molecule has 0 bridgehead atoms. The summed E-state index contributed by atoms with van der Waals surface area (Å²) in [4.78, 5) is 30.3. The number of carbonyl (C=O) groups is 2. The lowest BCUT2D eigenvalue weighted by Gasteiger charge is -2.46. The summed E-state index contributed by atoms with van der Waals surface area (Å²) in [5.41, 5.74) is 3.44. The lowest BCUT2D eigenvalue weighted by Crippen LogP contribution is -2.53. The van der Waals surface area contributed by atoms with E-state index in [0.29, 0.717) is 19.1 Å². The number of nitrogens with zero attached hydrogens (tertiary/aromatic N) is 3. The SMILES string of the molecule is C=CCN1C[C@H](C(=O)NCCCN(C)C)CC2c3cccc4c3c(cn4C(=O)NCC)C[C@H]21. The predicted octanol–water partition coefficient (Wildman–Crippen LogP) is 2.80. The molecule has 2 amide bonds. The number of piperidine rings is 1. The molecule has 0 radical (unpaired) electrons. The van der Waals surface area contributed by atoms with Crippen LogP contribution < -0.4 is 10.6 Å². The Balaban J connectivity index is 1.61. The van der Waals surface area contributed by atoms with Crippen LogP contribution in [0.15, 0.2) is 37.1 Å². The molecule has 0 saturated carbocycles. The van der Waals surface area contributed by atoms with E-state index in [2.05, 4.69) is 33.1 Å². The van der Waals surface area contributed by atoms with Gasteiger partial charge in [-0.2, -0.15) is 0 Å². The van der Waals surface area contributed by atoms with E-state index in [1.807, 2.05) is 45.4 Å². The van der Waals surface area contributed by atoms with Gasteiger partial charge >= 0.3 is 6.03 Å². The van der Waals surface area contributed by atoms with Crippen LogP contribution in [-0.4, -0.2) is 79.2 Å². The second-order valence-corrected chi connectivity index (χ2v) is 9.60. The van der Waals surface area contributed by atoms with Gasteiger partial charge in [0.25, 0.3) is 0 Å². The minimum absolute atomic E-state index is 0.0483. The molecule has 4 rings (SSSR count). The monoisotopic (exact) mass is 451 g/mol. The fraction of sp³-hybridized carbons (Fsp3) is 0.538. The molecule has 7 nitrogen and oxygen atoms in total. The smallest absolute Gasteiger partial charge is 0.326 e. The molecule has 1 aliphatic carbocycles. The van der Waals surface area contributed by atoms with Gasteiger partial charge in [0.1, 0.15) is 0 Å². The highest BCUT2D eigenvalue weighted by Gasteiger charge is 2.42. The fourth-order valence-electron chi connectivity index (χ4n) is 5.63. The molecular formula is C26H37N5O2. The normalized spacial score (nSPS) is 22.2. The summed E-state index contributed by atoms with van der Waals surface area (Å²) in [6.45, 7) is 9.67. The van der Waals surface area contributed by atoms with Crippen molar-refractivity contribution in [2.45, 2.75) is 38.1 Å². The zero-order valence-corrected chi connectivity index (χ0v) is 20.1. The van der Waals surface area contributed by atoms with Crippen molar-refractivity contribution in [3.05, 3.63) is 48.2 Å². The van der Waals surface area contributed by atoms with E-state index in [0.717, 1.165) is 44.4 Å². The van der Waals surface area contributed by atoms with Gasteiger partial charge in [-0.1, -0.05) is 18.2 Å². The lowest BCUT2D eigenvalue weighted by molar-refractivity contribution is -0.127. The van der Waals surface area contributed by atoms with Crippen molar-refractivity contribution in [1.29, 1.82) is 0 Å². The Morgan fingerprint density at radius 3 is 2.82 bits per heavy atom. The zero-order chi connectivity index (χ0) is 23.5. The van der Waals surface area contributed by atoms with Crippen LogP contribution in [0.3, 0.4) is 0 Å². The molecule has 7 heteroatoms. The number of rotatable bonds is 8. The van der Waals surface area contributed by atoms with Crippen LogP contribution in [0.25, 0.3) is 10.9 Å². The Hall–Kier alpha value is -2.64. The third kappa shape index (κ3) is 4.70. The zero-order valence-electron chi connectivity index (χ0n) is 20.1. The highest BCUT2D eigenvalue weighted by Crippen LogP contribution is 2.45. The summed E-state index contributed by atoms with van der Waals surface area (Å²) >= 11 is 0. The van der Waals surface area contributed by atoms with Crippen molar-refractivity contribution in [2.24, 2.45) is 5.92 Å². The number of aromatic nitrogens is 1. The number of benzene rings is 1. The van der Waals surface area contributed by atoms with Crippen LogP contribution in [0.2, 0.25) is 0 Å². The standard InChI is InChI=1S/C26H37N5O2/c1-5-12-30-16-19(25(32)28-11-8-13-29(3)4)14-21-20-9-7-10-22-24(20)18(15-23(21)30)17-31(22)26(33)27-6-2/h5,7,9-10,17,19,21,23H,1,6,8,11-16H2,2-4H3,(H,27,33)(H,28,32)/t19-,21?,23-/m1/s1. The highest BCUT2D eigenvalue weighted by atomic mass is 16.2. The van der Waals surface area contributed by atoms with Crippen LogP contribution >= 0.6 is 0 Å². The molecule has 1 unspecified atom stereocenters. The number of nitrogens with one attached hydrogen (secondary N) is 2. The third-order valence-electron chi connectivity index (χ3n) is 7.06. The topological polar surface area (TPSA) is 69.6 Å². The predicted molar refractivity (Wildman–Crippen MR) is 133 cm³/mol. The summed E-state index contributed by atoms with van der Waals surface area (Å²) < 4.78 is 1.75. The molecule has 2 N–H and O–H groups in total. The highest BCUT2D eigenvalue weighted by molar-refractivity contribution is 5.96. The van der Waals surface area contributed by atoms with Gasteiger partial charge in [-0.05, 0) is 64.0 Å². The number of carbonyl (C=O) groups excluding carboxylic acids is 2. The van der Waals surface area contributed by atoms with Crippen LogP contribution in [0.4, 0.5) is 4.79 Å². The van der Waals surface area contributed by atoms with Crippen LogP contribution in [0.1, 0.15) is 36.8 Å². The first kappa shape index (κ1) is 23.5. The van der Waals surface area contributed by atoms with Crippen molar-refractivity contribution in [3.8, 4) is 0 Å². The van der Waals surface area contributed by atoms with Gasteiger partial charge in [0.15, 0.2) is 0 Å². The maximum absolute atomic E-state index is 13.1. The van der Waals surface area contributed by atoms with Gasteiger partial charge in [0, 0.05) is 49.7 Å². The Kier molecular flexibility index (Phi) is 7.20. The van der Waals surface area contributed by atoms with E-state index in [9.17, 15) is 9.59 Å². The van der Waals surface area contributed by atoms with Gasteiger partial charge < -0.3 is 15.5 Å². The Labute approximate surface area is 196 Å². The molecule has 178 valence electrons. The lowest BCUT2D eigenvalue weighted by atomic mass is 9.72. The van der Waals surface area contributed by atoms with Crippen LogP contribution in [-0.2, 0) is 11.2 Å². The average molecular weight is 452 g/mol. The summed E-state index contributed by atoms with van der Waals surface area (Å²) in [7, 11) is 4.10. The molecule has 1 aliphatic heterocycles. The van der Waals surface area contributed by atoms with E-state index < -0.39 is 0 Å². The van der Waals surface area contributed by atoms with E-state index in [1.165, 1.54) is 16.5 Å². The Bertz CT molecular complexity index is 1030. The largest absolute Gasteiger partial charge is 0.356 e. The summed E-state index contributed by atoms with van der Waals surface area (Å²) in [5, 5.41) is 7.28. The van der Waals surface area contributed by atoms with E-state index in [4.69, 9.17) is 0 Å². The molecular weight excluding hydrogens is 414 g/mol. The maximum atomic E-state index is 13.1. The van der Waals surface area contributed by atoms with Crippen molar-refractivity contribution in [3.63, 3.8) is 0 Å². The van der Waals surface area contributed by atoms with Gasteiger partial charge in [-0.3, -0.25) is 14.3 Å². The first-order valence-corrected chi connectivity index (χ1v) is 12.1.